The summed E-state index contributed by atoms with van der Waals surface area (Å²) in [5, 5.41) is 0.945. The Morgan fingerprint density at radius 2 is 2.00 bits per heavy atom. The van der Waals surface area contributed by atoms with E-state index in [1.54, 1.807) is 30.7 Å². The van der Waals surface area contributed by atoms with Crippen molar-refractivity contribution < 1.29 is 0 Å². The van der Waals surface area contributed by atoms with Crippen LogP contribution in [0.5, 0.6) is 0 Å². The molecule has 3 nitrogen and oxygen atoms in total. The van der Waals surface area contributed by atoms with Gasteiger partial charge >= 0.3 is 0 Å². The molecule has 0 saturated carbocycles. The van der Waals surface area contributed by atoms with Gasteiger partial charge in [-0.25, -0.2) is 0 Å². The first kappa shape index (κ1) is 11.3. The van der Waals surface area contributed by atoms with Crippen molar-refractivity contribution in [2.75, 3.05) is 0 Å². The van der Waals surface area contributed by atoms with Crippen LogP contribution in [0.2, 0.25) is 10.0 Å². The summed E-state index contributed by atoms with van der Waals surface area (Å²) in [6, 6.07) is 4.93. The van der Waals surface area contributed by atoms with Crippen LogP contribution in [0.25, 0.3) is 0 Å². The maximum atomic E-state index is 6.08. The Bertz CT molecular complexity index is 488. The summed E-state index contributed by atoms with van der Waals surface area (Å²) in [7, 11) is 0. The van der Waals surface area contributed by atoms with Crippen molar-refractivity contribution in [1.29, 1.82) is 0 Å². The van der Waals surface area contributed by atoms with Gasteiger partial charge in [0.05, 0.1) is 28.0 Å². The molecule has 1 atom stereocenters. The summed E-state index contributed by atoms with van der Waals surface area (Å²) in [6.45, 7) is 0. The second kappa shape index (κ2) is 4.78. The van der Waals surface area contributed by atoms with Gasteiger partial charge < -0.3 is 5.73 Å². The lowest BCUT2D eigenvalue weighted by atomic mass is 10.1. The van der Waals surface area contributed by atoms with Crippen molar-refractivity contribution in [2.24, 2.45) is 5.73 Å². The van der Waals surface area contributed by atoms with Gasteiger partial charge in [-0.3, -0.25) is 9.97 Å². The average Bonchev–Trinajstić information content (AvgIpc) is 2.33. The number of aromatic nitrogens is 2. The van der Waals surface area contributed by atoms with Crippen LogP contribution in [0.3, 0.4) is 0 Å². The molecular formula is C11H9Cl2N3. The standard InChI is InChI=1S/C11H9Cl2N3/c12-8-3-1-2-7(10(8)13)11(14)9-6-15-4-5-16-9/h1-6,11H,14H2. The largest absolute Gasteiger partial charge is 0.319 e. The molecule has 0 spiro atoms. The first-order chi connectivity index (χ1) is 7.70. The lowest BCUT2D eigenvalue weighted by Gasteiger charge is -2.13. The zero-order valence-electron chi connectivity index (χ0n) is 8.27. The van der Waals surface area contributed by atoms with E-state index >= 15 is 0 Å². The van der Waals surface area contributed by atoms with Crippen molar-refractivity contribution in [3.05, 3.63) is 58.1 Å². The van der Waals surface area contributed by atoms with Gasteiger partial charge in [-0.1, -0.05) is 35.3 Å². The molecule has 2 aromatic rings. The lowest BCUT2D eigenvalue weighted by Crippen LogP contribution is -2.14. The van der Waals surface area contributed by atoms with Crippen LogP contribution in [0.1, 0.15) is 17.3 Å². The van der Waals surface area contributed by atoms with Crippen LogP contribution >= 0.6 is 23.2 Å². The second-order valence-electron chi connectivity index (χ2n) is 3.25. The Hall–Kier alpha value is -1.16. The van der Waals surface area contributed by atoms with Gasteiger partial charge in [0, 0.05) is 12.4 Å². The van der Waals surface area contributed by atoms with Crippen molar-refractivity contribution in [2.45, 2.75) is 6.04 Å². The number of benzene rings is 1. The minimum atomic E-state index is -0.417. The van der Waals surface area contributed by atoms with E-state index in [9.17, 15) is 0 Å². The van der Waals surface area contributed by atoms with E-state index in [1.165, 1.54) is 0 Å². The highest BCUT2D eigenvalue weighted by atomic mass is 35.5. The van der Waals surface area contributed by atoms with Gasteiger partial charge in [0.2, 0.25) is 0 Å². The molecule has 1 aromatic heterocycles. The van der Waals surface area contributed by atoms with Crippen molar-refractivity contribution >= 4 is 23.2 Å². The van der Waals surface area contributed by atoms with Gasteiger partial charge in [0.1, 0.15) is 0 Å². The van der Waals surface area contributed by atoms with E-state index in [-0.39, 0.29) is 0 Å². The average molecular weight is 254 g/mol. The molecule has 0 bridgehead atoms. The van der Waals surface area contributed by atoms with Crippen molar-refractivity contribution in [1.82, 2.24) is 9.97 Å². The molecule has 1 aromatic carbocycles. The Morgan fingerprint density at radius 3 is 2.69 bits per heavy atom. The van der Waals surface area contributed by atoms with Crippen molar-refractivity contribution in [3.8, 4) is 0 Å². The van der Waals surface area contributed by atoms with Crippen LogP contribution < -0.4 is 5.73 Å². The molecule has 5 heteroatoms. The van der Waals surface area contributed by atoms with Gasteiger partial charge in [-0.15, -0.1) is 0 Å². The van der Waals surface area contributed by atoms with E-state index in [0.29, 0.717) is 15.7 Å². The third kappa shape index (κ3) is 2.16. The maximum Gasteiger partial charge on any atom is 0.0799 e. The third-order valence-electron chi connectivity index (χ3n) is 2.22. The van der Waals surface area contributed by atoms with Gasteiger partial charge in [-0.2, -0.15) is 0 Å². The first-order valence-corrected chi connectivity index (χ1v) is 5.41. The Morgan fingerprint density at radius 1 is 1.19 bits per heavy atom. The molecule has 0 saturated heterocycles. The Balaban J connectivity index is 2.42. The van der Waals surface area contributed by atoms with Crippen molar-refractivity contribution in [3.63, 3.8) is 0 Å². The summed E-state index contributed by atoms with van der Waals surface area (Å²) in [5.74, 6) is 0. The Labute approximate surface area is 103 Å². The first-order valence-electron chi connectivity index (χ1n) is 4.65. The normalized spacial score (nSPS) is 12.4. The third-order valence-corrected chi connectivity index (χ3v) is 3.05. The molecular weight excluding hydrogens is 245 g/mol. The molecule has 0 aliphatic rings. The molecule has 0 aliphatic carbocycles. The van der Waals surface area contributed by atoms with Crippen LogP contribution in [-0.4, -0.2) is 9.97 Å². The molecule has 82 valence electrons. The quantitative estimate of drug-likeness (QED) is 0.896. The smallest absolute Gasteiger partial charge is 0.0799 e. The number of hydrogen-bond acceptors (Lipinski definition) is 3. The van der Waals surface area contributed by atoms with E-state index in [1.807, 2.05) is 6.07 Å². The van der Waals surface area contributed by atoms with E-state index in [4.69, 9.17) is 28.9 Å². The fourth-order valence-corrected chi connectivity index (χ4v) is 1.82. The summed E-state index contributed by atoms with van der Waals surface area (Å²) < 4.78 is 0. The van der Waals surface area contributed by atoms with E-state index in [0.717, 1.165) is 5.56 Å². The number of nitrogens with zero attached hydrogens (tertiary/aromatic N) is 2. The number of hydrogen-bond donors (Lipinski definition) is 1. The fourth-order valence-electron chi connectivity index (χ4n) is 1.39. The highest BCUT2D eigenvalue weighted by molar-refractivity contribution is 6.42. The Kier molecular flexibility index (Phi) is 3.39. The topological polar surface area (TPSA) is 51.8 Å². The molecule has 2 rings (SSSR count). The van der Waals surface area contributed by atoms with Crippen LogP contribution in [-0.2, 0) is 0 Å². The maximum absolute atomic E-state index is 6.08. The number of nitrogens with two attached hydrogens (primary N) is 1. The lowest BCUT2D eigenvalue weighted by molar-refractivity contribution is 0.818. The predicted octanol–water partition coefficient (Wildman–Crippen LogP) is 2.83. The highest BCUT2D eigenvalue weighted by Crippen LogP contribution is 2.30. The van der Waals surface area contributed by atoms with Gasteiger partial charge in [0.25, 0.3) is 0 Å². The second-order valence-corrected chi connectivity index (χ2v) is 4.04. The summed E-state index contributed by atoms with van der Waals surface area (Å²) in [6.07, 6.45) is 4.80. The molecule has 1 unspecified atom stereocenters. The zero-order chi connectivity index (χ0) is 11.5. The number of rotatable bonds is 2. The summed E-state index contributed by atoms with van der Waals surface area (Å²) in [5.41, 5.74) is 7.44. The van der Waals surface area contributed by atoms with Crippen LogP contribution in [0, 0.1) is 0 Å². The predicted molar refractivity (Wildman–Crippen MR) is 64.5 cm³/mol. The fraction of sp³-hybridized carbons (Fsp3) is 0.0909. The molecule has 0 fully saturated rings. The molecule has 1 heterocycles. The van der Waals surface area contributed by atoms with E-state index < -0.39 is 6.04 Å². The minimum Gasteiger partial charge on any atom is -0.319 e. The van der Waals surface area contributed by atoms with Gasteiger partial charge in [0.15, 0.2) is 0 Å². The summed E-state index contributed by atoms with van der Waals surface area (Å²) >= 11 is 12.0. The summed E-state index contributed by atoms with van der Waals surface area (Å²) in [4.78, 5) is 8.10. The molecule has 16 heavy (non-hydrogen) atoms. The monoisotopic (exact) mass is 253 g/mol. The molecule has 0 aliphatic heterocycles. The van der Waals surface area contributed by atoms with Gasteiger partial charge in [-0.05, 0) is 11.6 Å². The zero-order valence-corrected chi connectivity index (χ0v) is 9.78. The SMILES string of the molecule is NC(c1cnccn1)c1cccc(Cl)c1Cl. The van der Waals surface area contributed by atoms with E-state index in [2.05, 4.69) is 9.97 Å². The number of halogens is 2. The minimum absolute atomic E-state index is 0.417. The molecule has 2 N–H and O–H groups in total. The van der Waals surface area contributed by atoms with Crippen LogP contribution in [0.4, 0.5) is 0 Å². The highest BCUT2D eigenvalue weighted by Gasteiger charge is 2.15. The van der Waals surface area contributed by atoms with Crippen LogP contribution in [0.15, 0.2) is 36.8 Å². The molecule has 0 amide bonds. The molecule has 0 radical (unpaired) electrons.